The quantitative estimate of drug-likeness (QED) is 0.846. The van der Waals surface area contributed by atoms with Gasteiger partial charge in [0, 0.05) is 30.7 Å². The van der Waals surface area contributed by atoms with E-state index in [1.165, 1.54) is 18.3 Å². The molecule has 0 saturated carbocycles. The van der Waals surface area contributed by atoms with E-state index in [1.54, 1.807) is 17.5 Å². The second-order valence-corrected chi connectivity index (χ2v) is 4.32. The number of rotatable bonds is 5. The lowest BCUT2D eigenvalue weighted by Gasteiger charge is -2.04. The fraction of sp³-hybridized carbons (Fsp3) is 0.182. The second-order valence-electron chi connectivity index (χ2n) is 3.34. The normalized spacial score (nSPS) is 10.1. The Bertz CT molecular complexity index is 499. The summed E-state index contributed by atoms with van der Waals surface area (Å²) in [5, 5.41) is 14.9. The molecule has 2 rings (SSSR count). The standard InChI is InChI=1S/C11H11N3O2S/c15-11(16)8-1-3-12-9(7-8)13-4-2-10-14-5-6-17-10/h1,3,5-7H,2,4H2,(H,12,13)(H,15,16). The van der Waals surface area contributed by atoms with Gasteiger partial charge in [0.2, 0.25) is 0 Å². The summed E-state index contributed by atoms with van der Waals surface area (Å²) in [6.07, 6.45) is 4.05. The lowest BCUT2D eigenvalue weighted by Crippen LogP contribution is -2.07. The number of thiazole rings is 1. The Balaban J connectivity index is 1.90. The zero-order valence-corrected chi connectivity index (χ0v) is 9.78. The third-order valence-corrected chi connectivity index (χ3v) is 2.97. The summed E-state index contributed by atoms with van der Waals surface area (Å²) in [5.41, 5.74) is 0.233. The summed E-state index contributed by atoms with van der Waals surface area (Å²) in [6.45, 7) is 0.684. The fourth-order valence-corrected chi connectivity index (χ4v) is 1.95. The van der Waals surface area contributed by atoms with Gasteiger partial charge in [-0.2, -0.15) is 0 Å². The van der Waals surface area contributed by atoms with Gasteiger partial charge in [-0.3, -0.25) is 0 Å². The van der Waals surface area contributed by atoms with Crippen molar-refractivity contribution >= 4 is 23.1 Å². The number of hydrogen-bond donors (Lipinski definition) is 2. The maximum Gasteiger partial charge on any atom is 0.335 e. The van der Waals surface area contributed by atoms with Crippen molar-refractivity contribution in [1.29, 1.82) is 0 Å². The van der Waals surface area contributed by atoms with Gasteiger partial charge in [0.1, 0.15) is 5.82 Å². The van der Waals surface area contributed by atoms with Crippen molar-refractivity contribution in [3.05, 3.63) is 40.5 Å². The maximum absolute atomic E-state index is 10.7. The first kappa shape index (κ1) is 11.5. The lowest BCUT2D eigenvalue weighted by molar-refractivity contribution is 0.0697. The highest BCUT2D eigenvalue weighted by Crippen LogP contribution is 2.08. The molecule has 0 radical (unpaired) electrons. The molecule has 0 saturated heterocycles. The topological polar surface area (TPSA) is 75.1 Å². The Kier molecular flexibility index (Phi) is 3.66. The molecule has 17 heavy (non-hydrogen) atoms. The molecule has 2 aromatic heterocycles. The minimum Gasteiger partial charge on any atom is -0.478 e. The lowest BCUT2D eigenvalue weighted by atomic mass is 10.2. The number of aromatic nitrogens is 2. The van der Waals surface area contributed by atoms with Crippen molar-refractivity contribution in [1.82, 2.24) is 9.97 Å². The van der Waals surface area contributed by atoms with Crippen LogP contribution in [0.15, 0.2) is 29.9 Å². The van der Waals surface area contributed by atoms with Gasteiger partial charge in [0.25, 0.3) is 0 Å². The summed E-state index contributed by atoms with van der Waals surface area (Å²) < 4.78 is 0. The molecule has 0 amide bonds. The molecular weight excluding hydrogens is 238 g/mol. The molecule has 0 aromatic carbocycles. The molecule has 0 bridgehead atoms. The van der Waals surface area contributed by atoms with Crippen LogP contribution in [-0.4, -0.2) is 27.6 Å². The van der Waals surface area contributed by atoms with E-state index in [9.17, 15) is 4.79 Å². The number of carboxylic acids is 1. The van der Waals surface area contributed by atoms with E-state index in [2.05, 4.69) is 15.3 Å². The van der Waals surface area contributed by atoms with Crippen molar-refractivity contribution < 1.29 is 9.90 Å². The van der Waals surface area contributed by atoms with Crippen LogP contribution < -0.4 is 5.32 Å². The first-order valence-electron chi connectivity index (χ1n) is 5.07. The molecule has 0 aliphatic carbocycles. The average molecular weight is 249 g/mol. The van der Waals surface area contributed by atoms with Gasteiger partial charge in [-0.05, 0) is 12.1 Å². The summed E-state index contributed by atoms with van der Waals surface area (Å²) in [4.78, 5) is 19.0. The fourth-order valence-electron chi connectivity index (χ4n) is 1.33. The van der Waals surface area contributed by atoms with Crippen molar-refractivity contribution in [2.75, 3.05) is 11.9 Å². The van der Waals surface area contributed by atoms with Gasteiger partial charge < -0.3 is 10.4 Å². The van der Waals surface area contributed by atoms with Gasteiger partial charge in [0.05, 0.1) is 10.6 Å². The second kappa shape index (κ2) is 5.40. The van der Waals surface area contributed by atoms with Crippen LogP contribution in [0.2, 0.25) is 0 Å². The van der Waals surface area contributed by atoms with Crippen molar-refractivity contribution in [2.24, 2.45) is 0 Å². The number of pyridine rings is 1. The van der Waals surface area contributed by atoms with Crippen LogP contribution in [0.1, 0.15) is 15.4 Å². The first-order valence-corrected chi connectivity index (χ1v) is 5.95. The van der Waals surface area contributed by atoms with Crippen molar-refractivity contribution in [3.8, 4) is 0 Å². The monoisotopic (exact) mass is 249 g/mol. The van der Waals surface area contributed by atoms with Crippen LogP contribution >= 0.6 is 11.3 Å². The van der Waals surface area contributed by atoms with Crippen LogP contribution in [0.25, 0.3) is 0 Å². The van der Waals surface area contributed by atoms with Gasteiger partial charge in [-0.1, -0.05) is 0 Å². The van der Waals surface area contributed by atoms with E-state index in [0.29, 0.717) is 12.4 Å². The van der Waals surface area contributed by atoms with Crippen LogP contribution in [-0.2, 0) is 6.42 Å². The number of nitrogens with zero attached hydrogens (tertiary/aromatic N) is 2. The van der Waals surface area contributed by atoms with Crippen LogP contribution in [0, 0.1) is 0 Å². The summed E-state index contributed by atoms with van der Waals surface area (Å²) in [5.74, 6) is -0.378. The number of anilines is 1. The highest BCUT2D eigenvalue weighted by Gasteiger charge is 2.03. The van der Waals surface area contributed by atoms with Gasteiger partial charge in [-0.25, -0.2) is 14.8 Å². The third kappa shape index (κ3) is 3.25. The zero-order chi connectivity index (χ0) is 12.1. The van der Waals surface area contributed by atoms with Gasteiger partial charge in [0.15, 0.2) is 0 Å². The van der Waals surface area contributed by atoms with Crippen LogP contribution in [0.3, 0.4) is 0 Å². The number of hydrogen-bond acceptors (Lipinski definition) is 5. The van der Waals surface area contributed by atoms with E-state index < -0.39 is 5.97 Å². The Morgan fingerprint density at radius 1 is 1.41 bits per heavy atom. The molecular formula is C11H11N3O2S. The summed E-state index contributed by atoms with van der Waals surface area (Å²) >= 11 is 1.60. The molecule has 0 spiro atoms. The molecule has 0 unspecified atom stereocenters. The van der Waals surface area contributed by atoms with E-state index >= 15 is 0 Å². The molecule has 0 fully saturated rings. The van der Waals surface area contributed by atoms with Gasteiger partial charge >= 0.3 is 5.97 Å². The van der Waals surface area contributed by atoms with E-state index in [1.807, 2.05) is 5.38 Å². The highest BCUT2D eigenvalue weighted by atomic mass is 32.1. The number of carbonyl (C=O) groups is 1. The number of carboxylic acid groups (broad SMARTS) is 1. The predicted molar refractivity (Wildman–Crippen MR) is 65.5 cm³/mol. The van der Waals surface area contributed by atoms with Gasteiger partial charge in [-0.15, -0.1) is 11.3 Å². The Hall–Kier alpha value is -1.95. The minimum absolute atomic E-state index is 0.233. The zero-order valence-electron chi connectivity index (χ0n) is 8.96. The first-order chi connectivity index (χ1) is 8.25. The SMILES string of the molecule is O=C(O)c1ccnc(NCCc2nccs2)c1. The molecule has 0 aliphatic rings. The molecule has 0 atom stereocenters. The van der Waals surface area contributed by atoms with E-state index in [4.69, 9.17) is 5.11 Å². The molecule has 0 aliphatic heterocycles. The smallest absolute Gasteiger partial charge is 0.335 e. The van der Waals surface area contributed by atoms with E-state index in [-0.39, 0.29) is 5.56 Å². The Morgan fingerprint density at radius 2 is 2.29 bits per heavy atom. The Labute approximate surface area is 102 Å². The molecule has 88 valence electrons. The third-order valence-electron chi connectivity index (χ3n) is 2.14. The minimum atomic E-state index is -0.949. The predicted octanol–water partition coefficient (Wildman–Crippen LogP) is 1.89. The van der Waals surface area contributed by atoms with E-state index in [0.717, 1.165) is 11.4 Å². The summed E-state index contributed by atoms with van der Waals surface area (Å²) in [7, 11) is 0. The summed E-state index contributed by atoms with van der Waals surface area (Å²) in [6, 6.07) is 2.98. The Morgan fingerprint density at radius 3 is 3.00 bits per heavy atom. The molecule has 2 heterocycles. The number of nitrogens with one attached hydrogen (secondary N) is 1. The largest absolute Gasteiger partial charge is 0.478 e. The molecule has 6 heteroatoms. The highest BCUT2D eigenvalue weighted by molar-refractivity contribution is 7.09. The molecule has 2 aromatic rings. The van der Waals surface area contributed by atoms with Crippen LogP contribution in [0.4, 0.5) is 5.82 Å². The van der Waals surface area contributed by atoms with Crippen molar-refractivity contribution in [3.63, 3.8) is 0 Å². The molecule has 5 nitrogen and oxygen atoms in total. The van der Waals surface area contributed by atoms with Crippen LogP contribution in [0.5, 0.6) is 0 Å². The molecule has 2 N–H and O–H groups in total. The van der Waals surface area contributed by atoms with Crippen molar-refractivity contribution in [2.45, 2.75) is 6.42 Å². The number of aromatic carboxylic acids is 1. The maximum atomic E-state index is 10.7. The average Bonchev–Trinajstić information content (AvgIpc) is 2.82.